The smallest absolute Gasteiger partial charge is 0.262 e. The van der Waals surface area contributed by atoms with Crippen LogP contribution in [0.4, 0.5) is 10.1 Å². The molecular formula is C20H19ClFN3O2S. The number of halogens is 2. The molecule has 3 aromatic rings. The van der Waals surface area contributed by atoms with Crippen LogP contribution in [0.5, 0.6) is 0 Å². The summed E-state index contributed by atoms with van der Waals surface area (Å²) in [6.45, 7) is 2.57. The molecule has 0 radical (unpaired) electrons. The summed E-state index contributed by atoms with van der Waals surface area (Å²) in [6, 6.07) is 11.2. The average Bonchev–Trinajstić information content (AvgIpc) is 2.68. The van der Waals surface area contributed by atoms with Crippen molar-refractivity contribution in [1.82, 2.24) is 9.55 Å². The number of rotatable bonds is 7. The molecule has 146 valence electrons. The lowest BCUT2D eigenvalue weighted by molar-refractivity contribution is -0.113. The number of benzene rings is 2. The lowest BCUT2D eigenvalue weighted by Crippen LogP contribution is -2.24. The van der Waals surface area contributed by atoms with Crippen LogP contribution in [0.25, 0.3) is 10.9 Å². The minimum absolute atomic E-state index is 0.00102. The third-order valence-corrected chi connectivity index (χ3v) is 5.31. The summed E-state index contributed by atoms with van der Waals surface area (Å²) < 4.78 is 15.4. The number of carbonyl (C=O) groups is 1. The number of carbonyl (C=O) groups excluding carboxylic acids is 1. The number of anilines is 1. The van der Waals surface area contributed by atoms with Crippen molar-refractivity contribution in [2.75, 3.05) is 11.1 Å². The van der Waals surface area contributed by atoms with Gasteiger partial charge in [0.25, 0.3) is 5.56 Å². The molecule has 8 heteroatoms. The highest BCUT2D eigenvalue weighted by Crippen LogP contribution is 2.21. The normalized spacial score (nSPS) is 11.0. The summed E-state index contributed by atoms with van der Waals surface area (Å²) in [7, 11) is 0. The van der Waals surface area contributed by atoms with Crippen LogP contribution < -0.4 is 10.9 Å². The van der Waals surface area contributed by atoms with E-state index in [0.29, 0.717) is 22.6 Å². The van der Waals surface area contributed by atoms with Gasteiger partial charge in [-0.2, -0.15) is 0 Å². The molecule has 1 aromatic heterocycles. The Morgan fingerprint density at radius 1 is 1.29 bits per heavy atom. The van der Waals surface area contributed by atoms with Gasteiger partial charge in [-0.3, -0.25) is 14.2 Å². The first kappa shape index (κ1) is 20.4. The first-order valence-corrected chi connectivity index (χ1v) is 10.2. The zero-order chi connectivity index (χ0) is 20.1. The van der Waals surface area contributed by atoms with Gasteiger partial charge in [0.1, 0.15) is 5.82 Å². The van der Waals surface area contributed by atoms with Crippen molar-refractivity contribution >= 4 is 45.9 Å². The quantitative estimate of drug-likeness (QED) is 0.444. The van der Waals surface area contributed by atoms with Crippen molar-refractivity contribution in [2.45, 2.75) is 31.5 Å². The third-order valence-electron chi connectivity index (χ3n) is 4.10. The maximum Gasteiger partial charge on any atom is 0.262 e. The predicted molar refractivity (Wildman–Crippen MR) is 112 cm³/mol. The molecule has 5 nitrogen and oxygen atoms in total. The molecule has 0 aliphatic rings. The van der Waals surface area contributed by atoms with E-state index in [9.17, 15) is 14.0 Å². The van der Waals surface area contributed by atoms with Gasteiger partial charge in [-0.15, -0.1) is 0 Å². The molecule has 0 aliphatic carbocycles. The zero-order valence-corrected chi connectivity index (χ0v) is 16.8. The Hall–Kier alpha value is -2.38. The second-order valence-corrected chi connectivity index (χ2v) is 7.56. The van der Waals surface area contributed by atoms with Gasteiger partial charge in [-0.05, 0) is 36.8 Å². The maximum absolute atomic E-state index is 13.8. The molecule has 0 unspecified atom stereocenters. The van der Waals surface area contributed by atoms with Crippen molar-refractivity contribution in [3.8, 4) is 0 Å². The van der Waals surface area contributed by atoms with Gasteiger partial charge in [-0.25, -0.2) is 9.37 Å². The molecule has 0 atom stereocenters. The standard InChI is InChI=1S/C20H19ClFN3O2S/c1-2-3-10-25-19(27)14-6-4-5-7-16(14)24-20(25)28-12-18(26)23-17-9-8-13(21)11-15(17)22/h4-9,11H,2-3,10,12H2,1H3,(H,23,26). The molecule has 0 fully saturated rings. The van der Waals surface area contributed by atoms with E-state index in [1.54, 1.807) is 22.8 Å². The van der Waals surface area contributed by atoms with E-state index in [-0.39, 0.29) is 22.0 Å². The topological polar surface area (TPSA) is 64.0 Å². The Morgan fingerprint density at radius 2 is 2.07 bits per heavy atom. The summed E-state index contributed by atoms with van der Waals surface area (Å²) in [4.78, 5) is 29.6. The molecule has 0 spiro atoms. The highest BCUT2D eigenvalue weighted by atomic mass is 35.5. The number of nitrogens with one attached hydrogen (secondary N) is 1. The van der Waals surface area contributed by atoms with Crippen LogP contribution in [0.1, 0.15) is 19.8 Å². The second kappa shape index (κ2) is 9.21. The number of thioether (sulfide) groups is 1. The Bertz CT molecular complexity index is 1070. The van der Waals surface area contributed by atoms with Crippen LogP contribution in [0.15, 0.2) is 52.4 Å². The number of hydrogen-bond donors (Lipinski definition) is 1. The number of para-hydroxylation sites is 1. The summed E-state index contributed by atoms with van der Waals surface area (Å²) in [5.74, 6) is -0.996. The lowest BCUT2D eigenvalue weighted by Gasteiger charge is -2.13. The Balaban J connectivity index is 1.80. The van der Waals surface area contributed by atoms with Gasteiger partial charge in [0.05, 0.1) is 22.3 Å². The molecule has 1 heterocycles. The van der Waals surface area contributed by atoms with E-state index < -0.39 is 11.7 Å². The highest BCUT2D eigenvalue weighted by molar-refractivity contribution is 7.99. The van der Waals surface area contributed by atoms with E-state index >= 15 is 0 Å². The van der Waals surface area contributed by atoms with Crippen LogP contribution in [-0.2, 0) is 11.3 Å². The summed E-state index contributed by atoms with van der Waals surface area (Å²) in [5, 5.41) is 3.80. The fourth-order valence-corrected chi connectivity index (χ4v) is 3.66. The van der Waals surface area contributed by atoms with E-state index in [0.717, 1.165) is 30.7 Å². The number of unbranched alkanes of at least 4 members (excludes halogenated alkanes) is 1. The van der Waals surface area contributed by atoms with Crippen molar-refractivity contribution in [3.05, 3.63) is 63.7 Å². The zero-order valence-electron chi connectivity index (χ0n) is 15.2. The molecule has 3 rings (SSSR count). The third kappa shape index (κ3) is 4.72. The minimum atomic E-state index is -0.602. The molecule has 0 bridgehead atoms. The molecule has 28 heavy (non-hydrogen) atoms. The SMILES string of the molecule is CCCCn1c(SCC(=O)Nc2ccc(Cl)cc2F)nc2ccccc2c1=O. The van der Waals surface area contributed by atoms with Crippen LogP contribution in [-0.4, -0.2) is 21.2 Å². The van der Waals surface area contributed by atoms with Gasteiger partial charge in [0.15, 0.2) is 5.16 Å². The van der Waals surface area contributed by atoms with Crippen LogP contribution in [0.2, 0.25) is 5.02 Å². The number of fused-ring (bicyclic) bond motifs is 1. The number of nitrogens with zero attached hydrogens (tertiary/aromatic N) is 2. The average molecular weight is 420 g/mol. The van der Waals surface area contributed by atoms with E-state index in [1.165, 1.54) is 12.1 Å². The van der Waals surface area contributed by atoms with Gasteiger partial charge in [0.2, 0.25) is 5.91 Å². The fraction of sp³-hybridized carbons (Fsp3) is 0.250. The molecule has 0 saturated heterocycles. The summed E-state index contributed by atoms with van der Waals surface area (Å²) in [5.41, 5.74) is 0.530. The van der Waals surface area contributed by atoms with E-state index in [4.69, 9.17) is 11.6 Å². The monoisotopic (exact) mass is 419 g/mol. The molecule has 1 N–H and O–H groups in total. The number of hydrogen-bond acceptors (Lipinski definition) is 4. The first-order chi connectivity index (χ1) is 13.5. The molecular weight excluding hydrogens is 401 g/mol. The molecule has 2 aromatic carbocycles. The minimum Gasteiger partial charge on any atom is -0.323 e. The molecule has 0 saturated carbocycles. The number of amides is 1. The number of aromatic nitrogens is 2. The van der Waals surface area contributed by atoms with E-state index in [1.807, 2.05) is 13.0 Å². The van der Waals surface area contributed by atoms with Gasteiger partial charge >= 0.3 is 0 Å². The van der Waals surface area contributed by atoms with Crippen LogP contribution in [0.3, 0.4) is 0 Å². The maximum atomic E-state index is 13.8. The predicted octanol–water partition coefficient (Wildman–Crippen LogP) is 4.72. The molecule has 0 aliphatic heterocycles. The Labute approximate surface area is 170 Å². The second-order valence-electron chi connectivity index (χ2n) is 6.18. The van der Waals surface area contributed by atoms with Crippen molar-refractivity contribution in [1.29, 1.82) is 0 Å². The highest BCUT2D eigenvalue weighted by Gasteiger charge is 2.14. The largest absolute Gasteiger partial charge is 0.323 e. The lowest BCUT2D eigenvalue weighted by atomic mass is 10.2. The van der Waals surface area contributed by atoms with Crippen molar-refractivity contribution < 1.29 is 9.18 Å². The Morgan fingerprint density at radius 3 is 2.82 bits per heavy atom. The first-order valence-electron chi connectivity index (χ1n) is 8.87. The summed E-state index contributed by atoms with van der Waals surface area (Å²) in [6.07, 6.45) is 1.76. The fourth-order valence-electron chi connectivity index (χ4n) is 2.68. The van der Waals surface area contributed by atoms with Gasteiger partial charge in [-0.1, -0.05) is 48.8 Å². The van der Waals surface area contributed by atoms with Crippen LogP contribution in [0, 0.1) is 5.82 Å². The molecule has 1 amide bonds. The Kier molecular flexibility index (Phi) is 6.70. The van der Waals surface area contributed by atoms with Gasteiger partial charge in [0, 0.05) is 11.6 Å². The van der Waals surface area contributed by atoms with E-state index in [2.05, 4.69) is 10.3 Å². The summed E-state index contributed by atoms with van der Waals surface area (Å²) >= 11 is 6.87. The van der Waals surface area contributed by atoms with Crippen LogP contribution >= 0.6 is 23.4 Å². The van der Waals surface area contributed by atoms with Crippen molar-refractivity contribution in [2.24, 2.45) is 0 Å². The van der Waals surface area contributed by atoms with Crippen molar-refractivity contribution in [3.63, 3.8) is 0 Å². The van der Waals surface area contributed by atoms with Gasteiger partial charge < -0.3 is 5.32 Å².